The van der Waals surface area contributed by atoms with Gasteiger partial charge < -0.3 is 20.1 Å². The number of hydrogen-bond donors (Lipinski definition) is 2. The smallest absolute Gasteiger partial charge is 0.240 e. The van der Waals surface area contributed by atoms with E-state index in [1.54, 1.807) is 6.20 Å². The summed E-state index contributed by atoms with van der Waals surface area (Å²) in [7, 11) is 4.03. The van der Waals surface area contributed by atoms with Crippen LogP contribution in [0.25, 0.3) is 22.6 Å². The largest absolute Gasteiger partial charge is 0.378 e. The van der Waals surface area contributed by atoms with Crippen LogP contribution >= 0.6 is 22.9 Å². The number of piperazine rings is 1. The first kappa shape index (κ1) is 23.5. The second-order valence-electron chi connectivity index (χ2n) is 8.78. The average molecular weight is 511 g/mol. The van der Waals surface area contributed by atoms with Crippen LogP contribution in [0.5, 0.6) is 0 Å². The van der Waals surface area contributed by atoms with Crippen LogP contribution in [0.1, 0.15) is 5.69 Å². The van der Waals surface area contributed by atoms with Gasteiger partial charge in [0.2, 0.25) is 5.91 Å². The Morgan fingerprint density at radius 2 is 1.91 bits per heavy atom. The number of carbonyl (C=O) groups is 1. The number of carbonyl (C=O) groups excluding carboxylic acids is 1. The van der Waals surface area contributed by atoms with E-state index in [0.717, 1.165) is 60.2 Å². The molecule has 4 heterocycles. The van der Waals surface area contributed by atoms with Crippen molar-refractivity contribution in [2.75, 3.05) is 61.9 Å². The molecule has 5 rings (SSSR count). The quantitative estimate of drug-likeness (QED) is 0.406. The van der Waals surface area contributed by atoms with Gasteiger partial charge in [0.1, 0.15) is 11.3 Å². The molecule has 1 aliphatic rings. The van der Waals surface area contributed by atoms with Crippen molar-refractivity contribution in [3.8, 4) is 11.4 Å². The molecular formula is C24H27ClN8OS. The first-order valence-electron chi connectivity index (χ1n) is 11.4. The number of aromatic nitrogens is 4. The molecule has 0 unspecified atom stereocenters. The summed E-state index contributed by atoms with van der Waals surface area (Å²) in [6.45, 7) is 5.21. The molecule has 0 saturated carbocycles. The van der Waals surface area contributed by atoms with Crippen LogP contribution in [0.4, 0.5) is 16.5 Å². The van der Waals surface area contributed by atoms with Crippen molar-refractivity contribution in [1.82, 2.24) is 24.8 Å². The van der Waals surface area contributed by atoms with Gasteiger partial charge in [0.05, 0.1) is 29.1 Å². The molecule has 11 heteroatoms. The number of aromatic amines is 1. The molecule has 0 bridgehead atoms. The molecule has 1 aliphatic heterocycles. The molecule has 2 N–H and O–H groups in total. The molecule has 9 nitrogen and oxygen atoms in total. The van der Waals surface area contributed by atoms with Gasteiger partial charge in [-0.3, -0.25) is 9.69 Å². The second kappa shape index (κ2) is 9.80. The van der Waals surface area contributed by atoms with Crippen LogP contribution in [0.15, 0.2) is 35.8 Å². The van der Waals surface area contributed by atoms with E-state index in [1.807, 2.05) is 38.5 Å². The number of amides is 1. The molecule has 1 amide bonds. The van der Waals surface area contributed by atoms with Gasteiger partial charge in [0.25, 0.3) is 0 Å². The lowest BCUT2D eigenvalue weighted by Gasteiger charge is -2.36. The second-order valence-corrected chi connectivity index (χ2v) is 10.0. The van der Waals surface area contributed by atoms with Gasteiger partial charge in [-0.2, -0.15) is 0 Å². The highest BCUT2D eigenvalue weighted by atomic mass is 35.5. The van der Waals surface area contributed by atoms with Crippen molar-refractivity contribution >= 4 is 56.5 Å². The Bertz CT molecular complexity index is 1340. The molecule has 0 spiro atoms. The van der Waals surface area contributed by atoms with Crippen LogP contribution in [-0.2, 0) is 4.79 Å². The molecule has 0 atom stereocenters. The van der Waals surface area contributed by atoms with Gasteiger partial charge in [-0.05, 0) is 31.2 Å². The van der Waals surface area contributed by atoms with Crippen molar-refractivity contribution in [3.63, 3.8) is 0 Å². The van der Waals surface area contributed by atoms with Gasteiger partial charge in [0.15, 0.2) is 10.8 Å². The number of pyridine rings is 1. The predicted molar refractivity (Wildman–Crippen MR) is 143 cm³/mol. The number of H-pyrrole nitrogens is 1. The first-order valence-corrected chi connectivity index (χ1v) is 12.6. The first-order chi connectivity index (χ1) is 16.9. The number of anilines is 3. The van der Waals surface area contributed by atoms with Crippen molar-refractivity contribution in [1.29, 1.82) is 0 Å². The summed E-state index contributed by atoms with van der Waals surface area (Å²) >= 11 is 8.05. The lowest BCUT2D eigenvalue weighted by molar-refractivity contribution is -0.117. The number of halogens is 1. The SMILES string of the molecule is Cc1csc(NC(=O)CN2CCN(c3c(Cl)cnc4[nH]c(-c5ccc(N(C)C)cc5)nc34)CC2)n1. The van der Waals surface area contributed by atoms with Crippen LogP contribution in [0.3, 0.4) is 0 Å². The minimum absolute atomic E-state index is 0.0469. The van der Waals surface area contributed by atoms with Crippen LogP contribution < -0.4 is 15.1 Å². The van der Waals surface area contributed by atoms with Crippen LogP contribution in [0.2, 0.25) is 5.02 Å². The Kier molecular flexibility index (Phi) is 6.59. The number of hydrogen-bond acceptors (Lipinski definition) is 8. The monoisotopic (exact) mass is 510 g/mol. The Balaban J connectivity index is 1.29. The maximum atomic E-state index is 12.4. The van der Waals surface area contributed by atoms with E-state index in [1.165, 1.54) is 11.3 Å². The lowest BCUT2D eigenvalue weighted by atomic mass is 10.2. The Labute approximate surface area is 212 Å². The molecular weight excluding hydrogens is 484 g/mol. The van der Waals surface area contributed by atoms with E-state index < -0.39 is 0 Å². The van der Waals surface area contributed by atoms with Crippen molar-refractivity contribution in [2.24, 2.45) is 0 Å². The molecule has 1 aromatic carbocycles. The summed E-state index contributed by atoms with van der Waals surface area (Å²) in [5.41, 5.74) is 5.37. The van der Waals surface area contributed by atoms with Crippen molar-refractivity contribution in [3.05, 3.63) is 46.6 Å². The van der Waals surface area contributed by atoms with E-state index in [0.29, 0.717) is 22.3 Å². The Hall–Kier alpha value is -3.21. The normalized spacial score (nSPS) is 14.5. The summed E-state index contributed by atoms with van der Waals surface area (Å²) in [6.07, 6.45) is 1.67. The number of aryl methyl sites for hydroxylation is 1. The summed E-state index contributed by atoms with van der Waals surface area (Å²) in [6, 6.07) is 8.22. The zero-order chi connectivity index (χ0) is 24.5. The minimum atomic E-state index is -0.0469. The zero-order valence-corrected chi connectivity index (χ0v) is 21.4. The number of fused-ring (bicyclic) bond motifs is 1. The predicted octanol–water partition coefficient (Wildman–Crippen LogP) is 3.87. The molecule has 1 saturated heterocycles. The number of thiazole rings is 1. The van der Waals surface area contributed by atoms with Gasteiger partial charge in [-0.1, -0.05) is 11.6 Å². The lowest BCUT2D eigenvalue weighted by Crippen LogP contribution is -2.48. The van der Waals surface area contributed by atoms with Gasteiger partial charge in [-0.25, -0.2) is 15.0 Å². The van der Waals surface area contributed by atoms with E-state index in [4.69, 9.17) is 16.6 Å². The van der Waals surface area contributed by atoms with E-state index in [9.17, 15) is 4.79 Å². The zero-order valence-electron chi connectivity index (χ0n) is 19.9. The molecule has 0 aliphatic carbocycles. The highest BCUT2D eigenvalue weighted by molar-refractivity contribution is 7.13. The number of nitrogens with zero attached hydrogens (tertiary/aromatic N) is 6. The minimum Gasteiger partial charge on any atom is -0.378 e. The van der Waals surface area contributed by atoms with Gasteiger partial charge in [-0.15, -0.1) is 11.3 Å². The summed E-state index contributed by atoms with van der Waals surface area (Å²) in [5, 5.41) is 6.02. The number of rotatable bonds is 6. The van der Waals surface area contributed by atoms with E-state index in [2.05, 4.69) is 47.1 Å². The van der Waals surface area contributed by atoms with Gasteiger partial charge in [0, 0.05) is 56.9 Å². The van der Waals surface area contributed by atoms with E-state index >= 15 is 0 Å². The number of nitrogens with one attached hydrogen (secondary N) is 2. The fraction of sp³-hybridized carbons (Fsp3) is 0.333. The Morgan fingerprint density at radius 3 is 2.57 bits per heavy atom. The average Bonchev–Trinajstić information content (AvgIpc) is 3.45. The molecule has 4 aromatic rings. The third-order valence-electron chi connectivity index (χ3n) is 6.02. The standard InChI is InChI=1S/C24H27ClN8OS/c1-15-14-35-24(27-15)28-19(34)13-32-8-10-33(11-9-32)21-18(25)12-26-23-20(21)29-22(30-23)16-4-6-17(7-5-16)31(2)3/h4-7,12,14H,8-11,13H2,1-3H3,(H,26,29,30)(H,27,28,34). The third-order valence-corrected chi connectivity index (χ3v) is 7.17. The van der Waals surface area contributed by atoms with Crippen LogP contribution in [0, 0.1) is 6.92 Å². The van der Waals surface area contributed by atoms with E-state index in [-0.39, 0.29) is 5.91 Å². The van der Waals surface area contributed by atoms with Crippen LogP contribution in [-0.4, -0.2) is 77.6 Å². The highest BCUT2D eigenvalue weighted by Gasteiger charge is 2.24. The number of imidazole rings is 1. The molecule has 182 valence electrons. The Morgan fingerprint density at radius 1 is 1.17 bits per heavy atom. The fourth-order valence-corrected chi connectivity index (χ4v) is 5.14. The summed E-state index contributed by atoms with van der Waals surface area (Å²) in [4.78, 5) is 35.8. The highest BCUT2D eigenvalue weighted by Crippen LogP contribution is 2.34. The topological polar surface area (TPSA) is 93.3 Å². The maximum Gasteiger partial charge on any atom is 0.240 e. The summed E-state index contributed by atoms with van der Waals surface area (Å²) < 4.78 is 0. The fourth-order valence-electron chi connectivity index (χ4n) is 4.18. The van der Waals surface area contributed by atoms with Gasteiger partial charge >= 0.3 is 0 Å². The number of benzene rings is 1. The molecule has 1 fully saturated rings. The molecule has 35 heavy (non-hydrogen) atoms. The molecule has 3 aromatic heterocycles. The third kappa shape index (κ3) is 5.09. The van der Waals surface area contributed by atoms with Crippen molar-refractivity contribution < 1.29 is 4.79 Å². The van der Waals surface area contributed by atoms with Crippen molar-refractivity contribution in [2.45, 2.75) is 6.92 Å². The summed E-state index contributed by atoms with van der Waals surface area (Å²) in [5.74, 6) is 0.711. The molecule has 0 radical (unpaired) electrons. The maximum absolute atomic E-state index is 12.4.